The fourth-order valence-corrected chi connectivity index (χ4v) is 1.89. The minimum absolute atomic E-state index is 0.446. The van der Waals surface area contributed by atoms with Crippen molar-refractivity contribution in [1.82, 2.24) is 0 Å². The molecule has 1 rings (SSSR count). The molecule has 1 aromatic rings. The van der Waals surface area contributed by atoms with Crippen molar-refractivity contribution in [1.29, 1.82) is 5.41 Å². The van der Waals surface area contributed by atoms with Gasteiger partial charge < -0.3 is 5.41 Å². The van der Waals surface area contributed by atoms with Gasteiger partial charge in [0.1, 0.15) is 0 Å². The largest absolute Gasteiger partial charge is 0.304 e. The summed E-state index contributed by atoms with van der Waals surface area (Å²) < 4.78 is 0. The van der Waals surface area contributed by atoms with Crippen LogP contribution in [0.5, 0.6) is 0 Å². The first-order chi connectivity index (χ1) is 8.34. The van der Waals surface area contributed by atoms with Crippen LogP contribution in [-0.2, 0) is 0 Å². The Hall–Kier alpha value is -1.44. The van der Waals surface area contributed by atoms with Crippen LogP contribution >= 0.6 is 0 Å². The maximum atomic E-state index is 7.67. The van der Waals surface area contributed by atoms with Gasteiger partial charge in [-0.2, -0.15) is 0 Å². The highest BCUT2D eigenvalue weighted by molar-refractivity contribution is 6.39. The Morgan fingerprint density at radius 2 is 1.44 bits per heavy atom. The SMILES string of the molecule is CC(=N)C(C)=Nc1c(C(C)C)cccc1C(C)C. The second kappa shape index (κ2) is 5.94. The molecular weight excluding hydrogens is 220 g/mol. The van der Waals surface area contributed by atoms with Crippen molar-refractivity contribution in [2.75, 3.05) is 0 Å². The van der Waals surface area contributed by atoms with E-state index in [1.54, 1.807) is 6.92 Å². The highest BCUT2D eigenvalue weighted by atomic mass is 14.8. The van der Waals surface area contributed by atoms with E-state index in [4.69, 9.17) is 10.4 Å². The van der Waals surface area contributed by atoms with Crippen LogP contribution in [0.1, 0.15) is 64.5 Å². The Kier molecular flexibility index (Phi) is 4.83. The first-order valence-corrected chi connectivity index (χ1v) is 6.58. The van der Waals surface area contributed by atoms with E-state index in [1.165, 1.54) is 11.1 Å². The van der Waals surface area contributed by atoms with Gasteiger partial charge in [0, 0.05) is 5.71 Å². The molecule has 0 heterocycles. The molecular formula is C16H24N2. The van der Waals surface area contributed by atoms with E-state index in [2.05, 4.69) is 45.9 Å². The lowest BCUT2D eigenvalue weighted by atomic mass is 9.93. The zero-order valence-corrected chi connectivity index (χ0v) is 12.3. The first-order valence-electron chi connectivity index (χ1n) is 6.58. The number of nitrogens with one attached hydrogen (secondary N) is 1. The Morgan fingerprint density at radius 1 is 1.00 bits per heavy atom. The fraction of sp³-hybridized carbons (Fsp3) is 0.500. The third-order valence-corrected chi connectivity index (χ3v) is 3.16. The van der Waals surface area contributed by atoms with E-state index in [1.807, 2.05) is 6.92 Å². The predicted molar refractivity (Wildman–Crippen MR) is 80.8 cm³/mol. The molecule has 0 aromatic heterocycles. The quantitative estimate of drug-likeness (QED) is 0.718. The number of nitrogens with zero attached hydrogens (tertiary/aromatic N) is 1. The predicted octanol–water partition coefficient (Wildman–Crippen LogP) is 5.07. The van der Waals surface area contributed by atoms with Crippen LogP contribution in [0.4, 0.5) is 5.69 Å². The molecule has 2 heteroatoms. The maximum absolute atomic E-state index is 7.67. The summed E-state index contributed by atoms with van der Waals surface area (Å²) in [5.41, 5.74) is 4.92. The molecule has 0 aliphatic heterocycles. The standard InChI is InChI=1S/C16H24N2/c1-10(2)14-8-7-9-15(11(3)4)16(14)18-13(6)12(5)17/h7-11,17H,1-6H3. The molecule has 0 saturated carbocycles. The van der Waals surface area contributed by atoms with E-state index < -0.39 is 0 Å². The molecule has 0 aliphatic rings. The average molecular weight is 244 g/mol. The number of rotatable bonds is 4. The molecule has 0 aliphatic carbocycles. The summed E-state index contributed by atoms with van der Waals surface area (Å²) >= 11 is 0. The minimum Gasteiger partial charge on any atom is -0.304 e. The Labute approximate surface area is 111 Å². The summed E-state index contributed by atoms with van der Waals surface area (Å²) in [6.07, 6.45) is 0. The molecule has 0 spiro atoms. The molecule has 1 N–H and O–H groups in total. The zero-order chi connectivity index (χ0) is 13.9. The first kappa shape index (κ1) is 14.6. The molecule has 0 radical (unpaired) electrons. The van der Waals surface area contributed by atoms with Crippen molar-refractivity contribution >= 4 is 17.1 Å². The summed E-state index contributed by atoms with van der Waals surface area (Å²) in [5, 5.41) is 7.67. The summed E-state index contributed by atoms with van der Waals surface area (Å²) in [4.78, 5) is 4.69. The number of hydrogen-bond acceptors (Lipinski definition) is 2. The van der Waals surface area contributed by atoms with Crippen molar-refractivity contribution in [3.63, 3.8) is 0 Å². The van der Waals surface area contributed by atoms with Crippen molar-refractivity contribution in [3.8, 4) is 0 Å². The second-order valence-electron chi connectivity index (χ2n) is 5.42. The minimum atomic E-state index is 0.446. The Bertz CT molecular complexity index is 442. The van der Waals surface area contributed by atoms with Crippen molar-refractivity contribution in [2.24, 2.45) is 4.99 Å². The van der Waals surface area contributed by atoms with Gasteiger partial charge in [-0.1, -0.05) is 45.9 Å². The van der Waals surface area contributed by atoms with Gasteiger partial charge in [-0.15, -0.1) is 0 Å². The smallest absolute Gasteiger partial charge is 0.0702 e. The fourth-order valence-electron chi connectivity index (χ4n) is 1.89. The Balaban J connectivity index is 3.45. The average Bonchev–Trinajstić information content (AvgIpc) is 2.28. The van der Waals surface area contributed by atoms with E-state index in [-0.39, 0.29) is 0 Å². The number of aliphatic imine (C=N–C) groups is 1. The van der Waals surface area contributed by atoms with Gasteiger partial charge in [-0.25, -0.2) is 0 Å². The van der Waals surface area contributed by atoms with Crippen molar-refractivity contribution < 1.29 is 0 Å². The molecule has 0 amide bonds. The van der Waals surface area contributed by atoms with Crippen LogP contribution in [-0.4, -0.2) is 11.4 Å². The molecule has 1 aromatic carbocycles. The topological polar surface area (TPSA) is 36.2 Å². The molecule has 18 heavy (non-hydrogen) atoms. The molecule has 98 valence electrons. The number of hydrogen-bond donors (Lipinski definition) is 1. The monoisotopic (exact) mass is 244 g/mol. The highest BCUT2D eigenvalue weighted by Gasteiger charge is 2.13. The molecule has 0 fully saturated rings. The van der Waals surface area contributed by atoms with Crippen molar-refractivity contribution in [3.05, 3.63) is 29.3 Å². The molecule has 0 atom stereocenters. The van der Waals surface area contributed by atoms with Gasteiger partial charge in [0.15, 0.2) is 0 Å². The van der Waals surface area contributed by atoms with E-state index in [0.29, 0.717) is 17.5 Å². The van der Waals surface area contributed by atoms with E-state index >= 15 is 0 Å². The van der Waals surface area contributed by atoms with E-state index in [9.17, 15) is 0 Å². The van der Waals surface area contributed by atoms with Crippen molar-refractivity contribution in [2.45, 2.75) is 53.4 Å². The van der Waals surface area contributed by atoms with Gasteiger partial charge >= 0.3 is 0 Å². The highest BCUT2D eigenvalue weighted by Crippen LogP contribution is 2.34. The molecule has 0 unspecified atom stereocenters. The maximum Gasteiger partial charge on any atom is 0.0702 e. The van der Waals surface area contributed by atoms with Crippen LogP contribution in [0.2, 0.25) is 0 Å². The number of para-hydroxylation sites is 1. The zero-order valence-electron chi connectivity index (χ0n) is 12.3. The molecule has 0 saturated heterocycles. The normalized spacial score (nSPS) is 12.3. The summed E-state index contributed by atoms with van der Waals surface area (Å²) in [7, 11) is 0. The summed E-state index contributed by atoms with van der Waals surface area (Å²) in [5.74, 6) is 0.891. The third kappa shape index (κ3) is 3.28. The van der Waals surface area contributed by atoms with Gasteiger partial charge in [0.25, 0.3) is 0 Å². The second-order valence-corrected chi connectivity index (χ2v) is 5.42. The van der Waals surface area contributed by atoms with Crippen LogP contribution in [0.3, 0.4) is 0 Å². The Morgan fingerprint density at radius 3 is 1.78 bits per heavy atom. The lowest BCUT2D eigenvalue weighted by Crippen LogP contribution is -2.04. The van der Waals surface area contributed by atoms with Crippen LogP contribution in [0, 0.1) is 5.41 Å². The molecule has 2 nitrogen and oxygen atoms in total. The van der Waals surface area contributed by atoms with Gasteiger partial charge in [0.2, 0.25) is 0 Å². The lowest BCUT2D eigenvalue weighted by molar-refractivity contribution is 0.835. The van der Waals surface area contributed by atoms with Crippen LogP contribution in [0.15, 0.2) is 23.2 Å². The number of benzene rings is 1. The van der Waals surface area contributed by atoms with Gasteiger partial charge in [-0.05, 0) is 36.8 Å². The lowest BCUT2D eigenvalue weighted by Gasteiger charge is -2.17. The summed E-state index contributed by atoms with van der Waals surface area (Å²) in [6, 6.07) is 6.39. The van der Waals surface area contributed by atoms with E-state index in [0.717, 1.165) is 11.4 Å². The van der Waals surface area contributed by atoms with Gasteiger partial charge in [-0.3, -0.25) is 4.99 Å². The van der Waals surface area contributed by atoms with Gasteiger partial charge in [0.05, 0.1) is 11.4 Å². The molecule has 0 bridgehead atoms. The summed E-state index contributed by atoms with van der Waals surface area (Å²) in [6.45, 7) is 12.4. The third-order valence-electron chi connectivity index (χ3n) is 3.16. The van der Waals surface area contributed by atoms with Crippen LogP contribution in [0.25, 0.3) is 0 Å². The van der Waals surface area contributed by atoms with Crippen LogP contribution < -0.4 is 0 Å².